The molecule has 0 aromatic rings. The first kappa shape index (κ1) is 21.7. The maximum absolute atomic E-state index is 8.88. The van der Waals surface area contributed by atoms with Gasteiger partial charge in [-0.25, -0.2) is 9.45 Å². The lowest BCUT2D eigenvalue weighted by molar-refractivity contribution is -0.811. The van der Waals surface area contributed by atoms with Crippen LogP contribution in [0.3, 0.4) is 0 Å². The first-order valence-electron chi connectivity index (χ1n) is 5.09. The topological polar surface area (TPSA) is 152 Å². The number of phosphoric acid groups is 1. The van der Waals surface area contributed by atoms with Crippen molar-refractivity contribution in [2.75, 3.05) is 6.61 Å². The first-order valence-corrected chi connectivity index (χ1v) is 6.65. The van der Waals surface area contributed by atoms with Gasteiger partial charge in [-0.15, -0.1) is 0 Å². The van der Waals surface area contributed by atoms with E-state index in [0.717, 1.165) is 25.5 Å². The second kappa shape index (κ2) is 16.4. The molecule has 0 aromatic heterocycles. The quantitative estimate of drug-likeness (QED) is 0.154. The fourth-order valence-electron chi connectivity index (χ4n) is 0.554. The van der Waals surface area contributed by atoms with Gasteiger partial charge in [-0.1, -0.05) is 26.3 Å². The Bertz CT molecular complexity index is 234. The van der Waals surface area contributed by atoms with Gasteiger partial charge < -0.3 is 19.6 Å². The third-order valence-corrected chi connectivity index (χ3v) is 1.13. The standard InChI is InChI=1S/C7H14O8.H3O4P/c1-3-5-6-7-9-11-13-15-14-12-10-8-4-2;1-5(2,3)4/h4H,2-3,5-7H2,1H3;(H3,1,2,3,4). The minimum absolute atomic E-state index is 0.383. The maximum atomic E-state index is 8.88. The zero-order valence-electron chi connectivity index (χ0n) is 10.6. The summed E-state index contributed by atoms with van der Waals surface area (Å²) in [5.41, 5.74) is 0. The molecule has 0 saturated carbocycles. The number of hydrogen-bond donors (Lipinski definition) is 3. The van der Waals surface area contributed by atoms with Crippen LogP contribution in [0.25, 0.3) is 0 Å². The Morgan fingerprint density at radius 2 is 1.50 bits per heavy atom. The van der Waals surface area contributed by atoms with Crippen LogP contribution in [0.5, 0.6) is 0 Å². The first-order chi connectivity index (χ1) is 9.41. The molecule has 0 atom stereocenters. The highest BCUT2D eigenvalue weighted by Gasteiger charge is 2.00. The normalized spacial score (nSPS) is 10.6. The highest BCUT2D eigenvalue weighted by atomic mass is 31.2. The molecule has 0 aliphatic heterocycles. The zero-order valence-corrected chi connectivity index (χ0v) is 11.5. The van der Waals surface area contributed by atoms with E-state index in [1.165, 1.54) is 0 Å². The Morgan fingerprint density at radius 3 is 2.00 bits per heavy atom. The zero-order chi connectivity index (χ0) is 15.7. The molecule has 13 heteroatoms. The molecule has 12 nitrogen and oxygen atoms in total. The lowest BCUT2D eigenvalue weighted by Crippen LogP contribution is -2.02. The van der Waals surface area contributed by atoms with Crippen molar-refractivity contribution in [3.63, 3.8) is 0 Å². The van der Waals surface area contributed by atoms with Gasteiger partial charge in [0.15, 0.2) is 0 Å². The van der Waals surface area contributed by atoms with Crippen LogP contribution in [0.4, 0.5) is 0 Å². The Labute approximate surface area is 114 Å². The van der Waals surface area contributed by atoms with Crippen molar-refractivity contribution in [1.29, 1.82) is 0 Å². The number of unbranched alkanes of at least 4 members (excludes halogenated alkanes) is 2. The monoisotopic (exact) mass is 324 g/mol. The van der Waals surface area contributed by atoms with Gasteiger partial charge in [-0.05, 0) is 21.5 Å². The SMILES string of the molecule is C=COOOOOOOOCCCCC.O=P(O)(O)O. The molecule has 0 rings (SSSR count). The average Bonchev–Trinajstić information content (AvgIpc) is 2.34. The van der Waals surface area contributed by atoms with Crippen molar-refractivity contribution in [2.45, 2.75) is 26.2 Å². The van der Waals surface area contributed by atoms with Crippen LogP contribution in [-0.2, 0) is 44.6 Å². The van der Waals surface area contributed by atoms with Crippen LogP contribution in [0.2, 0.25) is 0 Å². The van der Waals surface area contributed by atoms with Gasteiger partial charge in [0.2, 0.25) is 0 Å². The van der Waals surface area contributed by atoms with E-state index in [1.807, 2.05) is 0 Å². The Balaban J connectivity index is 0. The molecule has 0 bridgehead atoms. The van der Waals surface area contributed by atoms with Gasteiger partial charge in [-0.2, -0.15) is 0 Å². The van der Waals surface area contributed by atoms with Gasteiger partial charge in [0.1, 0.15) is 6.26 Å². The van der Waals surface area contributed by atoms with Crippen molar-refractivity contribution in [1.82, 2.24) is 0 Å². The summed E-state index contributed by atoms with van der Waals surface area (Å²) in [5, 5.41) is 23.0. The lowest BCUT2D eigenvalue weighted by atomic mass is 10.3. The van der Waals surface area contributed by atoms with Gasteiger partial charge in [0, 0.05) is 15.1 Å². The van der Waals surface area contributed by atoms with Gasteiger partial charge in [-0.3, -0.25) is 0 Å². The van der Waals surface area contributed by atoms with Crippen LogP contribution >= 0.6 is 7.82 Å². The van der Waals surface area contributed by atoms with Gasteiger partial charge in [0.25, 0.3) is 0 Å². The second-order valence-corrected chi connectivity index (χ2v) is 3.74. The van der Waals surface area contributed by atoms with E-state index in [9.17, 15) is 0 Å². The molecule has 0 heterocycles. The third-order valence-electron chi connectivity index (χ3n) is 1.13. The fourth-order valence-corrected chi connectivity index (χ4v) is 0.554. The van der Waals surface area contributed by atoms with Crippen molar-refractivity contribution in [3.05, 3.63) is 12.8 Å². The molecule has 0 saturated heterocycles. The Kier molecular flexibility index (Phi) is 17.8. The highest BCUT2D eigenvalue weighted by molar-refractivity contribution is 7.45. The van der Waals surface area contributed by atoms with Crippen LogP contribution in [0, 0.1) is 0 Å². The summed E-state index contributed by atoms with van der Waals surface area (Å²) in [7, 11) is -4.64. The molecule has 0 aliphatic carbocycles. The van der Waals surface area contributed by atoms with Crippen LogP contribution in [0.1, 0.15) is 26.2 Å². The van der Waals surface area contributed by atoms with Crippen LogP contribution in [-0.4, -0.2) is 21.3 Å². The molecule has 0 fully saturated rings. The van der Waals surface area contributed by atoms with E-state index in [0.29, 0.717) is 6.61 Å². The fraction of sp³-hybridized carbons (Fsp3) is 0.714. The van der Waals surface area contributed by atoms with Crippen molar-refractivity contribution < 1.29 is 59.3 Å². The van der Waals surface area contributed by atoms with Crippen LogP contribution < -0.4 is 0 Å². The lowest BCUT2D eigenvalue weighted by Gasteiger charge is -1.99. The predicted octanol–water partition coefficient (Wildman–Crippen LogP) is 0.929. The van der Waals surface area contributed by atoms with Gasteiger partial charge >= 0.3 is 7.82 Å². The van der Waals surface area contributed by atoms with E-state index < -0.39 is 7.82 Å². The van der Waals surface area contributed by atoms with E-state index in [4.69, 9.17) is 19.2 Å². The molecule has 0 aliphatic rings. The molecular weight excluding hydrogens is 307 g/mol. The van der Waals surface area contributed by atoms with E-state index >= 15 is 0 Å². The minimum Gasteiger partial charge on any atom is -0.315 e. The Morgan fingerprint density at radius 1 is 1.00 bits per heavy atom. The van der Waals surface area contributed by atoms with Gasteiger partial charge in [0.05, 0.1) is 6.61 Å². The second-order valence-electron chi connectivity index (χ2n) is 2.71. The summed E-state index contributed by atoms with van der Waals surface area (Å²) < 4.78 is 8.88. The smallest absolute Gasteiger partial charge is 0.315 e. The third kappa shape index (κ3) is 36.0. The summed E-state index contributed by atoms with van der Waals surface area (Å²) in [6.45, 7) is 5.59. The van der Waals surface area contributed by atoms with Crippen LogP contribution in [0.15, 0.2) is 12.8 Å². The predicted molar refractivity (Wildman–Crippen MR) is 57.5 cm³/mol. The Hall–Kier alpha value is -0.630. The largest absolute Gasteiger partial charge is 0.466 e. The molecule has 0 aromatic carbocycles. The summed E-state index contributed by atoms with van der Waals surface area (Å²) in [5.74, 6) is 0. The van der Waals surface area contributed by atoms with Crippen molar-refractivity contribution >= 4 is 7.82 Å². The maximum Gasteiger partial charge on any atom is 0.466 e. The summed E-state index contributed by atoms with van der Waals surface area (Å²) in [6, 6.07) is 0. The molecule has 3 N–H and O–H groups in total. The average molecular weight is 324 g/mol. The molecule has 0 amide bonds. The summed E-state index contributed by atoms with van der Waals surface area (Å²) >= 11 is 0. The molecule has 20 heavy (non-hydrogen) atoms. The summed E-state index contributed by atoms with van der Waals surface area (Å²) in [4.78, 5) is 30.1. The van der Waals surface area contributed by atoms with E-state index in [1.54, 1.807) is 0 Å². The molecular formula is C7H17O12P. The number of rotatable bonds is 12. The summed E-state index contributed by atoms with van der Waals surface area (Å²) in [6.07, 6.45) is 3.93. The minimum atomic E-state index is -4.64. The number of hydrogen-bond acceptors (Lipinski definition) is 9. The molecule has 122 valence electrons. The molecule has 0 unspecified atom stereocenters. The van der Waals surface area contributed by atoms with E-state index in [2.05, 4.69) is 53.5 Å². The molecule has 0 radical (unpaired) electrons. The van der Waals surface area contributed by atoms with Crippen molar-refractivity contribution in [3.8, 4) is 0 Å². The van der Waals surface area contributed by atoms with Crippen molar-refractivity contribution in [2.24, 2.45) is 0 Å². The molecule has 0 spiro atoms. The van der Waals surface area contributed by atoms with E-state index in [-0.39, 0.29) is 0 Å². The highest BCUT2D eigenvalue weighted by Crippen LogP contribution is 2.25.